The van der Waals surface area contributed by atoms with Gasteiger partial charge in [0, 0.05) is 16.6 Å². The average Bonchev–Trinajstić information content (AvgIpc) is 3.07. The highest BCUT2D eigenvalue weighted by atomic mass is 35.5. The summed E-state index contributed by atoms with van der Waals surface area (Å²) in [5.74, 6) is 0. The fourth-order valence-electron chi connectivity index (χ4n) is 2.04. The van der Waals surface area contributed by atoms with Gasteiger partial charge in [0.2, 0.25) is 0 Å². The van der Waals surface area contributed by atoms with Crippen molar-refractivity contribution < 1.29 is 5.11 Å². The van der Waals surface area contributed by atoms with Gasteiger partial charge in [-0.25, -0.2) is 4.98 Å². The van der Waals surface area contributed by atoms with Crippen LogP contribution in [0.3, 0.4) is 0 Å². The maximum absolute atomic E-state index is 10.4. The fraction of sp³-hybridized carbons (Fsp3) is 0.308. The molecule has 1 unspecified atom stereocenters. The van der Waals surface area contributed by atoms with E-state index in [9.17, 15) is 5.11 Å². The molecule has 0 saturated heterocycles. The standard InChI is InChI=1S/C13H13ClN2O/c14-11-4-2-1-3-10(11)13(17)12-7-15-8-16(12)9-5-6-9/h1-4,7-9,13,17H,5-6H2. The van der Waals surface area contributed by atoms with Crippen molar-refractivity contribution in [1.82, 2.24) is 9.55 Å². The Labute approximate surface area is 105 Å². The Bertz CT molecular complexity index is 534. The summed E-state index contributed by atoms with van der Waals surface area (Å²) < 4.78 is 2.05. The number of aliphatic hydroxyl groups is 1. The van der Waals surface area contributed by atoms with E-state index in [2.05, 4.69) is 4.98 Å². The molecule has 0 bridgehead atoms. The number of hydrogen-bond donors (Lipinski definition) is 1. The highest BCUT2D eigenvalue weighted by Gasteiger charge is 2.28. The Hall–Kier alpha value is -1.32. The molecule has 1 aliphatic carbocycles. The minimum atomic E-state index is -0.702. The molecule has 1 fully saturated rings. The van der Waals surface area contributed by atoms with Crippen LogP contribution in [0, 0.1) is 0 Å². The van der Waals surface area contributed by atoms with Gasteiger partial charge < -0.3 is 9.67 Å². The van der Waals surface area contributed by atoms with Crippen molar-refractivity contribution >= 4 is 11.6 Å². The SMILES string of the molecule is OC(c1ccccc1Cl)c1cncn1C1CC1. The fourth-order valence-corrected chi connectivity index (χ4v) is 2.28. The summed E-state index contributed by atoms with van der Waals surface area (Å²) in [6.07, 6.45) is 5.13. The third kappa shape index (κ3) is 1.96. The van der Waals surface area contributed by atoms with E-state index in [0.29, 0.717) is 11.1 Å². The van der Waals surface area contributed by atoms with Gasteiger partial charge in [-0.2, -0.15) is 0 Å². The number of rotatable bonds is 3. The van der Waals surface area contributed by atoms with Crippen LogP contribution >= 0.6 is 11.6 Å². The van der Waals surface area contributed by atoms with Crippen LogP contribution in [0.5, 0.6) is 0 Å². The molecule has 4 heteroatoms. The molecule has 17 heavy (non-hydrogen) atoms. The van der Waals surface area contributed by atoms with Gasteiger partial charge in [-0.05, 0) is 18.9 Å². The van der Waals surface area contributed by atoms with Crippen LogP contribution in [0.25, 0.3) is 0 Å². The maximum atomic E-state index is 10.4. The van der Waals surface area contributed by atoms with Gasteiger partial charge in [-0.1, -0.05) is 29.8 Å². The van der Waals surface area contributed by atoms with Gasteiger partial charge >= 0.3 is 0 Å². The van der Waals surface area contributed by atoms with Crippen LogP contribution < -0.4 is 0 Å². The molecule has 1 atom stereocenters. The average molecular weight is 249 g/mol. The number of imidazole rings is 1. The summed E-state index contributed by atoms with van der Waals surface area (Å²) in [6.45, 7) is 0. The van der Waals surface area contributed by atoms with Crippen molar-refractivity contribution in [2.75, 3.05) is 0 Å². The second kappa shape index (κ2) is 4.17. The van der Waals surface area contributed by atoms with Crippen LogP contribution in [0.15, 0.2) is 36.8 Å². The van der Waals surface area contributed by atoms with E-state index in [4.69, 9.17) is 11.6 Å². The molecule has 1 saturated carbocycles. The van der Waals surface area contributed by atoms with E-state index in [1.54, 1.807) is 18.6 Å². The minimum absolute atomic E-state index is 0.504. The zero-order valence-corrected chi connectivity index (χ0v) is 10.0. The lowest BCUT2D eigenvalue weighted by atomic mass is 10.1. The first-order valence-electron chi connectivity index (χ1n) is 5.71. The van der Waals surface area contributed by atoms with Gasteiger partial charge in [-0.3, -0.25) is 0 Å². The van der Waals surface area contributed by atoms with Crippen molar-refractivity contribution in [3.8, 4) is 0 Å². The van der Waals surface area contributed by atoms with Crippen molar-refractivity contribution in [3.05, 3.63) is 53.1 Å². The lowest BCUT2D eigenvalue weighted by Crippen LogP contribution is -2.07. The summed E-state index contributed by atoms with van der Waals surface area (Å²) >= 11 is 6.09. The molecule has 1 heterocycles. The number of halogens is 1. The van der Waals surface area contributed by atoms with Gasteiger partial charge in [-0.15, -0.1) is 0 Å². The van der Waals surface area contributed by atoms with Gasteiger partial charge in [0.05, 0.1) is 18.2 Å². The van der Waals surface area contributed by atoms with E-state index < -0.39 is 6.10 Å². The molecule has 1 aromatic heterocycles. The van der Waals surface area contributed by atoms with Crippen molar-refractivity contribution in [1.29, 1.82) is 0 Å². The van der Waals surface area contributed by atoms with Crippen LogP contribution in [-0.4, -0.2) is 14.7 Å². The van der Waals surface area contributed by atoms with Crippen molar-refractivity contribution in [2.24, 2.45) is 0 Å². The summed E-state index contributed by atoms with van der Waals surface area (Å²) in [7, 11) is 0. The van der Waals surface area contributed by atoms with E-state index in [-0.39, 0.29) is 0 Å². The number of nitrogens with zero attached hydrogens (tertiary/aromatic N) is 2. The Kier molecular flexibility index (Phi) is 2.65. The first kappa shape index (κ1) is 10.8. The highest BCUT2D eigenvalue weighted by Crippen LogP contribution is 2.38. The van der Waals surface area contributed by atoms with Gasteiger partial charge in [0.1, 0.15) is 6.10 Å². The van der Waals surface area contributed by atoms with Crippen LogP contribution in [-0.2, 0) is 0 Å². The second-order valence-corrected chi connectivity index (χ2v) is 4.79. The quantitative estimate of drug-likeness (QED) is 0.907. The molecular weight excluding hydrogens is 236 g/mol. The molecule has 3 nitrogen and oxygen atoms in total. The molecule has 1 N–H and O–H groups in total. The first-order valence-corrected chi connectivity index (χ1v) is 6.09. The third-order valence-corrected chi connectivity index (χ3v) is 3.46. The summed E-state index contributed by atoms with van der Waals surface area (Å²) in [5.41, 5.74) is 1.55. The van der Waals surface area contributed by atoms with E-state index >= 15 is 0 Å². The molecule has 1 aromatic carbocycles. The number of aromatic nitrogens is 2. The van der Waals surface area contributed by atoms with E-state index in [1.807, 2.05) is 22.8 Å². The molecule has 88 valence electrons. The predicted octanol–water partition coefficient (Wildman–Crippen LogP) is 2.95. The lowest BCUT2D eigenvalue weighted by Gasteiger charge is -2.14. The summed E-state index contributed by atoms with van der Waals surface area (Å²) in [6, 6.07) is 7.87. The topological polar surface area (TPSA) is 38.1 Å². The Balaban J connectivity index is 1.98. The van der Waals surface area contributed by atoms with E-state index in [0.717, 1.165) is 11.3 Å². The van der Waals surface area contributed by atoms with Crippen LogP contribution in [0.1, 0.15) is 36.2 Å². The smallest absolute Gasteiger partial charge is 0.122 e. The van der Waals surface area contributed by atoms with Gasteiger partial charge in [0.15, 0.2) is 0 Å². The molecular formula is C13H13ClN2O. The largest absolute Gasteiger partial charge is 0.382 e. The maximum Gasteiger partial charge on any atom is 0.122 e. The van der Waals surface area contributed by atoms with Crippen molar-refractivity contribution in [3.63, 3.8) is 0 Å². The monoisotopic (exact) mass is 248 g/mol. The van der Waals surface area contributed by atoms with Crippen LogP contribution in [0.4, 0.5) is 0 Å². The zero-order chi connectivity index (χ0) is 11.8. The Morgan fingerprint density at radius 2 is 2.12 bits per heavy atom. The first-order chi connectivity index (χ1) is 8.27. The zero-order valence-electron chi connectivity index (χ0n) is 9.25. The van der Waals surface area contributed by atoms with Gasteiger partial charge in [0.25, 0.3) is 0 Å². The molecule has 2 aromatic rings. The Morgan fingerprint density at radius 1 is 1.35 bits per heavy atom. The van der Waals surface area contributed by atoms with Crippen LogP contribution in [0.2, 0.25) is 5.02 Å². The molecule has 0 amide bonds. The summed E-state index contributed by atoms with van der Waals surface area (Å²) in [5, 5.41) is 11.0. The normalized spacial score (nSPS) is 17.1. The molecule has 3 rings (SSSR count). The molecule has 0 radical (unpaired) electrons. The number of aliphatic hydroxyl groups excluding tert-OH is 1. The van der Waals surface area contributed by atoms with E-state index in [1.165, 1.54) is 12.8 Å². The molecule has 0 aliphatic heterocycles. The third-order valence-electron chi connectivity index (χ3n) is 3.12. The van der Waals surface area contributed by atoms with Crippen molar-refractivity contribution in [2.45, 2.75) is 25.0 Å². The lowest BCUT2D eigenvalue weighted by molar-refractivity contribution is 0.210. The second-order valence-electron chi connectivity index (χ2n) is 4.38. The number of hydrogen-bond acceptors (Lipinski definition) is 2. The molecule has 0 spiro atoms. The minimum Gasteiger partial charge on any atom is -0.382 e. The molecule has 1 aliphatic rings. The number of benzene rings is 1. The Morgan fingerprint density at radius 3 is 2.82 bits per heavy atom. The highest BCUT2D eigenvalue weighted by molar-refractivity contribution is 6.31. The summed E-state index contributed by atoms with van der Waals surface area (Å²) in [4.78, 5) is 4.12. The predicted molar refractivity (Wildman–Crippen MR) is 66.0 cm³/mol.